The first kappa shape index (κ1) is 24.4. The second-order valence-electron chi connectivity index (χ2n) is 8.89. The van der Waals surface area contributed by atoms with E-state index in [1.165, 1.54) is 30.3 Å². The maximum absolute atomic E-state index is 13.5. The summed E-state index contributed by atoms with van der Waals surface area (Å²) in [6.07, 6.45) is 0.611. The van der Waals surface area contributed by atoms with Crippen molar-refractivity contribution in [3.63, 3.8) is 0 Å². The highest BCUT2D eigenvalue weighted by Gasteiger charge is 2.33. The number of amides is 1. The number of ether oxygens (including phenoxy) is 3. The Morgan fingerprint density at radius 3 is 2.49 bits per heavy atom. The van der Waals surface area contributed by atoms with Gasteiger partial charge in [-0.3, -0.25) is 4.79 Å². The number of benzene rings is 3. The maximum atomic E-state index is 13.5. The zero-order chi connectivity index (χ0) is 26.1. The molecule has 0 bridgehead atoms. The lowest BCUT2D eigenvalue weighted by molar-refractivity contribution is 0.0589. The molecule has 1 amide bonds. The molecule has 0 saturated heterocycles. The number of methoxy groups -OCH3 is 2. The van der Waals surface area contributed by atoms with E-state index in [1.807, 2.05) is 25.1 Å². The Labute approximate surface area is 213 Å². The number of carbonyl (C=O) groups excluding carboxylic acids is 1. The van der Waals surface area contributed by atoms with Gasteiger partial charge in [0.1, 0.15) is 23.8 Å². The summed E-state index contributed by atoms with van der Waals surface area (Å²) in [4.78, 5) is 27.1. The molecule has 37 heavy (non-hydrogen) atoms. The minimum absolute atomic E-state index is 0.136. The number of aryl methyl sites for hydroxylation is 1. The van der Waals surface area contributed by atoms with E-state index in [2.05, 4.69) is 0 Å². The third kappa shape index (κ3) is 4.74. The smallest absolute Gasteiger partial charge is 0.336 e. The highest BCUT2D eigenvalue weighted by Crippen LogP contribution is 2.39. The van der Waals surface area contributed by atoms with Gasteiger partial charge in [0, 0.05) is 29.6 Å². The zero-order valence-electron chi connectivity index (χ0n) is 20.7. The molecular formula is C29H26FNO6. The second-order valence-corrected chi connectivity index (χ2v) is 8.89. The van der Waals surface area contributed by atoms with Crippen molar-refractivity contribution in [1.29, 1.82) is 0 Å². The van der Waals surface area contributed by atoms with Crippen LogP contribution in [0.3, 0.4) is 0 Å². The fraction of sp³-hybridized carbons (Fsp3) is 0.241. The molecule has 2 heterocycles. The lowest BCUT2D eigenvalue weighted by atomic mass is 9.91. The van der Waals surface area contributed by atoms with E-state index >= 15 is 0 Å². The monoisotopic (exact) mass is 503 g/mol. The fourth-order valence-corrected chi connectivity index (χ4v) is 4.78. The summed E-state index contributed by atoms with van der Waals surface area (Å²) in [6.45, 7) is 2.43. The van der Waals surface area contributed by atoms with Crippen LogP contribution in [0.4, 0.5) is 4.39 Å². The van der Waals surface area contributed by atoms with Gasteiger partial charge in [0.2, 0.25) is 0 Å². The Hall–Kier alpha value is -4.33. The molecule has 0 spiro atoms. The molecule has 0 saturated carbocycles. The van der Waals surface area contributed by atoms with Gasteiger partial charge in [0.15, 0.2) is 11.5 Å². The Morgan fingerprint density at radius 1 is 1.03 bits per heavy atom. The first-order valence-corrected chi connectivity index (χ1v) is 11.9. The van der Waals surface area contributed by atoms with E-state index < -0.39 is 17.5 Å². The topological polar surface area (TPSA) is 78.2 Å². The second kappa shape index (κ2) is 9.97. The predicted octanol–water partition coefficient (Wildman–Crippen LogP) is 5.08. The summed E-state index contributed by atoms with van der Waals surface area (Å²) >= 11 is 0. The van der Waals surface area contributed by atoms with E-state index in [0.717, 1.165) is 22.1 Å². The van der Waals surface area contributed by atoms with Crippen LogP contribution in [-0.4, -0.2) is 38.2 Å². The summed E-state index contributed by atoms with van der Waals surface area (Å²) in [7, 11) is 3.14. The van der Waals surface area contributed by atoms with Crippen molar-refractivity contribution in [2.75, 3.05) is 27.4 Å². The molecule has 3 aromatic carbocycles. The van der Waals surface area contributed by atoms with Crippen molar-refractivity contribution in [2.45, 2.75) is 19.4 Å². The highest BCUT2D eigenvalue weighted by atomic mass is 19.1. The quantitative estimate of drug-likeness (QED) is 0.342. The summed E-state index contributed by atoms with van der Waals surface area (Å²) in [6, 6.07) is 15.6. The Morgan fingerprint density at radius 2 is 1.76 bits per heavy atom. The molecular weight excluding hydrogens is 477 g/mol. The van der Waals surface area contributed by atoms with Crippen molar-refractivity contribution in [3.8, 4) is 17.2 Å². The Bertz CT molecular complexity index is 1530. The van der Waals surface area contributed by atoms with Gasteiger partial charge in [-0.15, -0.1) is 0 Å². The summed E-state index contributed by atoms with van der Waals surface area (Å²) in [5, 5.41) is 0.819. The molecule has 1 atom stereocenters. The summed E-state index contributed by atoms with van der Waals surface area (Å²) < 4.78 is 36.0. The van der Waals surface area contributed by atoms with E-state index in [0.29, 0.717) is 41.4 Å². The standard InChI is InChI=1S/C29H26FNO6/c1-17-12-28(32)37-25-14-21(8-9-22(17)25)36-16-24-23-15-27(35-3)26(34-2)13-19(23)10-11-31(24)29(33)18-4-6-20(30)7-5-18/h4-9,12-15,24H,10-11,16H2,1-3H3. The molecule has 7 nitrogen and oxygen atoms in total. The van der Waals surface area contributed by atoms with Crippen molar-refractivity contribution in [1.82, 2.24) is 4.90 Å². The van der Waals surface area contributed by atoms with Crippen LogP contribution in [0.15, 0.2) is 69.9 Å². The van der Waals surface area contributed by atoms with E-state index in [-0.39, 0.29) is 12.5 Å². The van der Waals surface area contributed by atoms with E-state index in [9.17, 15) is 14.0 Å². The van der Waals surface area contributed by atoms with Crippen molar-refractivity contribution >= 4 is 16.9 Å². The third-order valence-corrected chi connectivity index (χ3v) is 6.69. The molecule has 8 heteroatoms. The van der Waals surface area contributed by atoms with Gasteiger partial charge in [0.25, 0.3) is 5.91 Å². The Kier molecular flexibility index (Phi) is 6.56. The number of nitrogens with zero attached hydrogens (tertiary/aromatic N) is 1. The average Bonchev–Trinajstić information content (AvgIpc) is 2.90. The summed E-state index contributed by atoms with van der Waals surface area (Å²) in [5.41, 5.74) is 3.10. The van der Waals surface area contributed by atoms with E-state index in [1.54, 1.807) is 31.3 Å². The van der Waals surface area contributed by atoms with Crippen LogP contribution in [0.2, 0.25) is 0 Å². The largest absolute Gasteiger partial charge is 0.493 e. The molecule has 5 rings (SSSR count). The van der Waals surface area contributed by atoms with Gasteiger partial charge in [0.05, 0.1) is 20.3 Å². The van der Waals surface area contributed by atoms with Crippen LogP contribution in [0, 0.1) is 12.7 Å². The number of rotatable bonds is 6. The molecule has 0 fully saturated rings. The van der Waals surface area contributed by atoms with Crippen molar-refractivity contribution < 1.29 is 27.8 Å². The van der Waals surface area contributed by atoms with Crippen LogP contribution in [-0.2, 0) is 6.42 Å². The van der Waals surface area contributed by atoms with Gasteiger partial charge >= 0.3 is 5.63 Å². The molecule has 0 aliphatic carbocycles. The van der Waals surface area contributed by atoms with Crippen molar-refractivity contribution in [2.24, 2.45) is 0 Å². The van der Waals surface area contributed by atoms with Gasteiger partial charge in [-0.1, -0.05) is 0 Å². The maximum Gasteiger partial charge on any atom is 0.336 e. The SMILES string of the molecule is COc1cc2c(cc1OC)C(COc1ccc3c(C)cc(=O)oc3c1)N(C(=O)c1ccc(F)cc1)CC2. The number of hydrogen-bond donors (Lipinski definition) is 0. The lowest BCUT2D eigenvalue weighted by Gasteiger charge is -2.37. The van der Waals surface area contributed by atoms with Crippen LogP contribution >= 0.6 is 0 Å². The number of halogens is 1. The van der Waals surface area contributed by atoms with Gasteiger partial charge in [-0.25, -0.2) is 9.18 Å². The molecule has 0 radical (unpaired) electrons. The normalized spacial score (nSPS) is 14.8. The van der Waals surface area contributed by atoms with E-state index in [4.69, 9.17) is 18.6 Å². The van der Waals surface area contributed by atoms with Crippen LogP contribution < -0.4 is 19.8 Å². The van der Waals surface area contributed by atoms with Gasteiger partial charge < -0.3 is 23.5 Å². The van der Waals surface area contributed by atoms with Crippen LogP contribution in [0.5, 0.6) is 17.2 Å². The first-order chi connectivity index (χ1) is 17.9. The number of carbonyl (C=O) groups is 1. The van der Waals surface area contributed by atoms with Crippen LogP contribution in [0.25, 0.3) is 11.0 Å². The minimum atomic E-state index is -0.457. The molecule has 1 aromatic heterocycles. The summed E-state index contributed by atoms with van der Waals surface area (Å²) in [5.74, 6) is 1.03. The highest BCUT2D eigenvalue weighted by molar-refractivity contribution is 5.94. The molecule has 4 aromatic rings. The fourth-order valence-electron chi connectivity index (χ4n) is 4.78. The zero-order valence-corrected chi connectivity index (χ0v) is 20.7. The number of fused-ring (bicyclic) bond motifs is 2. The van der Waals surface area contributed by atoms with Crippen molar-refractivity contribution in [3.05, 3.63) is 99.2 Å². The molecule has 1 aliphatic rings. The lowest BCUT2D eigenvalue weighted by Crippen LogP contribution is -2.42. The molecule has 1 unspecified atom stereocenters. The average molecular weight is 504 g/mol. The van der Waals surface area contributed by atoms with Gasteiger partial charge in [-0.2, -0.15) is 0 Å². The Balaban J connectivity index is 1.51. The molecule has 190 valence electrons. The number of hydrogen-bond acceptors (Lipinski definition) is 6. The van der Waals surface area contributed by atoms with Gasteiger partial charge in [-0.05, 0) is 78.6 Å². The molecule has 1 aliphatic heterocycles. The molecule has 0 N–H and O–H groups in total. The minimum Gasteiger partial charge on any atom is -0.493 e. The van der Waals surface area contributed by atoms with Crippen LogP contribution in [0.1, 0.15) is 33.1 Å². The first-order valence-electron chi connectivity index (χ1n) is 11.9. The predicted molar refractivity (Wildman–Crippen MR) is 136 cm³/mol. The third-order valence-electron chi connectivity index (χ3n) is 6.69.